The molecule has 20 heavy (non-hydrogen) atoms. The number of hydrogen-bond donors (Lipinski definition) is 1. The molecule has 2 rings (SSSR count). The van der Waals surface area contributed by atoms with Gasteiger partial charge in [0.05, 0.1) is 12.2 Å². The van der Waals surface area contributed by atoms with Gasteiger partial charge in [-0.2, -0.15) is 0 Å². The average Bonchev–Trinajstić information content (AvgIpc) is 3.01. The molecule has 0 aromatic rings. The minimum Gasteiger partial charge on any atom is -0.378 e. The van der Waals surface area contributed by atoms with Crippen LogP contribution in [0, 0.1) is 0 Å². The molecular weight excluding hydrogens is 250 g/mol. The van der Waals surface area contributed by atoms with Crippen LogP contribution >= 0.6 is 0 Å². The highest BCUT2D eigenvalue weighted by Gasteiger charge is 2.20. The molecule has 0 aromatic heterocycles. The Morgan fingerprint density at radius 2 is 1.60 bits per heavy atom. The molecule has 3 nitrogen and oxygen atoms in total. The normalized spacial score (nSPS) is 28.6. The molecule has 1 N–H and O–H groups in total. The first-order chi connectivity index (χ1) is 9.88. The van der Waals surface area contributed by atoms with E-state index in [1.807, 2.05) is 0 Å². The first-order valence-electron chi connectivity index (χ1n) is 8.85. The molecule has 0 spiro atoms. The summed E-state index contributed by atoms with van der Waals surface area (Å²) < 4.78 is 11.6. The van der Waals surface area contributed by atoms with Crippen molar-refractivity contribution in [3.8, 4) is 0 Å². The van der Waals surface area contributed by atoms with Gasteiger partial charge < -0.3 is 14.8 Å². The fourth-order valence-corrected chi connectivity index (χ4v) is 3.38. The minimum absolute atomic E-state index is 0.525. The zero-order valence-electron chi connectivity index (χ0n) is 13.2. The summed E-state index contributed by atoms with van der Waals surface area (Å²) in [6, 6.07) is 0.657. The summed E-state index contributed by atoms with van der Waals surface area (Å²) in [5, 5.41) is 3.72. The second-order valence-electron chi connectivity index (χ2n) is 6.43. The quantitative estimate of drug-likeness (QED) is 0.700. The van der Waals surface area contributed by atoms with Crippen LogP contribution in [0.25, 0.3) is 0 Å². The van der Waals surface area contributed by atoms with Crippen LogP contribution in [-0.2, 0) is 9.47 Å². The Hall–Kier alpha value is -0.120. The molecule has 0 aliphatic carbocycles. The molecule has 2 saturated heterocycles. The van der Waals surface area contributed by atoms with E-state index in [4.69, 9.17) is 9.47 Å². The van der Waals surface area contributed by atoms with E-state index in [1.165, 1.54) is 64.2 Å². The van der Waals surface area contributed by atoms with Gasteiger partial charge in [0.1, 0.15) is 0 Å². The zero-order chi connectivity index (χ0) is 14.0. The average molecular weight is 283 g/mol. The van der Waals surface area contributed by atoms with Gasteiger partial charge in [0, 0.05) is 19.3 Å². The van der Waals surface area contributed by atoms with Gasteiger partial charge in [0.15, 0.2) is 0 Å². The van der Waals surface area contributed by atoms with E-state index < -0.39 is 0 Å². The summed E-state index contributed by atoms with van der Waals surface area (Å²) in [6.07, 6.45) is 13.7. The van der Waals surface area contributed by atoms with E-state index in [1.54, 1.807) is 0 Å². The maximum Gasteiger partial charge on any atom is 0.0576 e. The van der Waals surface area contributed by atoms with Crippen LogP contribution < -0.4 is 5.32 Å². The van der Waals surface area contributed by atoms with Crippen molar-refractivity contribution in [1.82, 2.24) is 5.32 Å². The monoisotopic (exact) mass is 283 g/mol. The highest BCUT2D eigenvalue weighted by molar-refractivity contribution is 4.74. The molecule has 3 atom stereocenters. The standard InChI is InChI=1S/C17H33NO2/c1-2-12-18-15(9-11-17-7-5-14-20-17)8-10-16-6-3-4-13-19-16/h15-18H,2-14H2,1H3. The van der Waals surface area contributed by atoms with Gasteiger partial charge in [0.25, 0.3) is 0 Å². The van der Waals surface area contributed by atoms with Crippen LogP contribution in [-0.4, -0.2) is 38.0 Å². The van der Waals surface area contributed by atoms with Crippen LogP contribution in [0.4, 0.5) is 0 Å². The second-order valence-corrected chi connectivity index (χ2v) is 6.43. The zero-order valence-corrected chi connectivity index (χ0v) is 13.2. The SMILES string of the molecule is CCCNC(CCC1CCCCO1)CCC1CCCO1. The molecule has 2 heterocycles. The molecule has 3 heteroatoms. The van der Waals surface area contributed by atoms with Crippen molar-refractivity contribution in [2.24, 2.45) is 0 Å². The van der Waals surface area contributed by atoms with Crippen molar-refractivity contribution in [3.63, 3.8) is 0 Å². The Balaban J connectivity index is 1.64. The lowest BCUT2D eigenvalue weighted by molar-refractivity contribution is 0.00811. The van der Waals surface area contributed by atoms with Gasteiger partial charge in [-0.05, 0) is 70.8 Å². The fraction of sp³-hybridized carbons (Fsp3) is 1.00. The third-order valence-corrected chi connectivity index (χ3v) is 4.66. The van der Waals surface area contributed by atoms with Gasteiger partial charge in [0.2, 0.25) is 0 Å². The number of hydrogen-bond acceptors (Lipinski definition) is 3. The number of rotatable bonds is 9. The predicted octanol–water partition coefficient (Wildman–Crippen LogP) is 3.66. The van der Waals surface area contributed by atoms with Gasteiger partial charge >= 0.3 is 0 Å². The molecule has 2 fully saturated rings. The van der Waals surface area contributed by atoms with E-state index in [2.05, 4.69) is 12.2 Å². The lowest BCUT2D eigenvalue weighted by Crippen LogP contribution is -2.32. The van der Waals surface area contributed by atoms with E-state index in [-0.39, 0.29) is 0 Å². The second kappa shape index (κ2) is 9.75. The summed E-state index contributed by atoms with van der Waals surface area (Å²) in [7, 11) is 0. The predicted molar refractivity (Wildman–Crippen MR) is 83.1 cm³/mol. The summed E-state index contributed by atoms with van der Waals surface area (Å²) in [4.78, 5) is 0. The van der Waals surface area contributed by atoms with Crippen molar-refractivity contribution in [1.29, 1.82) is 0 Å². The lowest BCUT2D eigenvalue weighted by atomic mass is 9.97. The highest BCUT2D eigenvalue weighted by Crippen LogP contribution is 2.21. The van der Waals surface area contributed by atoms with E-state index in [9.17, 15) is 0 Å². The Bertz CT molecular complexity index is 235. The highest BCUT2D eigenvalue weighted by atomic mass is 16.5. The number of ether oxygens (including phenoxy) is 2. The van der Waals surface area contributed by atoms with Crippen molar-refractivity contribution in [2.75, 3.05) is 19.8 Å². The fourth-order valence-electron chi connectivity index (χ4n) is 3.38. The largest absolute Gasteiger partial charge is 0.378 e. The topological polar surface area (TPSA) is 30.5 Å². The molecule has 0 bridgehead atoms. The summed E-state index contributed by atoms with van der Waals surface area (Å²) in [6.45, 7) is 5.34. The van der Waals surface area contributed by atoms with E-state index in [0.717, 1.165) is 19.8 Å². The molecule has 2 aliphatic heterocycles. The van der Waals surface area contributed by atoms with Crippen molar-refractivity contribution in [3.05, 3.63) is 0 Å². The minimum atomic E-state index is 0.525. The first-order valence-corrected chi connectivity index (χ1v) is 8.85. The van der Waals surface area contributed by atoms with Crippen LogP contribution in [0.5, 0.6) is 0 Å². The lowest BCUT2D eigenvalue weighted by Gasteiger charge is -2.26. The van der Waals surface area contributed by atoms with E-state index >= 15 is 0 Å². The molecule has 0 aromatic carbocycles. The molecule has 118 valence electrons. The van der Waals surface area contributed by atoms with Crippen LogP contribution in [0.3, 0.4) is 0 Å². The molecule has 0 radical (unpaired) electrons. The maximum absolute atomic E-state index is 5.86. The van der Waals surface area contributed by atoms with Crippen LogP contribution in [0.2, 0.25) is 0 Å². The van der Waals surface area contributed by atoms with E-state index in [0.29, 0.717) is 18.2 Å². The summed E-state index contributed by atoms with van der Waals surface area (Å²) in [5.41, 5.74) is 0. The van der Waals surface area contributed by atoms with Crippen LogP contribution in [0.15, 0.2) is 0 Å². The smallest absolute Gasteiger partial charge is 0.0576 e. The third-order valence-electron chi connectivity index (χ3n) is 4.66. The third kappa shape index (κ3) is 6.11. The Labute approximate surface area is 124 Å². The van der Waals surface area contributed by atoms with Crippen molar-refractivity contribution in [2.45, 2.75) is 89.4 Å². The molecule has 3 unspecified atom stereocenters. The molecule has 0 saturated carbocycles. The van der Waals surface area contributed by atoms with Gasteiger partial charge in [-0.15, -0.1) is 0 Å². The van der Waals surface area contributed by atoms with Crippen molar-refractivity contribution >= 4 is 0 Å². The Morgan fingerprint density at radius 3 is 2.10 bits per heavy atom. The molecule has 2 aliphatic rings. The van der Waals surface area contributed by atoms with Gasteiger partial charge in [-0.3, -0.25) is 0 Å². The summed E-state index contributed by atoms with van der Waals surface area (Å²) in [5.74, 6) is 0. The van der Waals surface area contributed by atoms with Gasteiger partial charge in [-0.25, -0.2) is 0 Å². The maximum atomic E-state index is 5.86. The Morgan fingerprint density at radius 1 is 0.950 bits per heavy atom. The summed E-state index contributed by atoms with van der Waals surface area (Å²) >= 11 is 0. The van der Waals surface area contributed by atoms with Crippen molar-refractivity contribution < 1.29 is 9.47 Å². The van der Waals surface area contributed by atoms with Gasteiger partial charge in [-0.1, -0.05) is 6.92 Å². The first kappa shape index (κ1) is 16.3. The number of nitrogens with one attached hydrogen (secondary N) is 1. The molecular formula is C17H33NO2. The molecule has 0 amide bonds. The van der Waals surface area contributed by atoms with Crippen LogP contribution in [0.1, 0.15) is 71.1 Å². The Kier molecular flexibility index (Phi) is 7.92.